The van der Waals surface area contributed by atoms with Crippen molar-refractivity contribution in [3.05, 3.63) is 23.8 Å². The molecule has 4 aliphatic rings. The van der Waals surface area contributed by atoms with Crippen LogP contribution in [0.5, 0.6) is 0 Å². The fraction of sp³-hybridized carbons (Fsp3) is 0.650. The lowest BCUT2D eigenvalue weighted by Gasteiger charge is -2.46. The highest BCUT2D eigenvalue weighted by Crippen LogP contribution is 2.54. The predicted molar refractivity (Wildman–Crippen MR) is 96.0 cm³/mol. The Hall–Kier alpha value is -1.71. The largest absolute Gasteiger partial charge is 0.462 e. The van der Waals surface area contributed by atoms with Gasteiger partial charge in [0.05, 0.1) is 23.5 Å². The minimum atomic E-state index is -0.304. The van der Waals surface area contributed by atoms with Gasteiger partial charge < -0.3 is 15.8 Å². The molecule has 4 bridgehead atoms. The zero-order chi connectivity index (χ0) is 16.7. The van der Waals surface area contributed by atoms with E-state index in [1.165, 1.54) is 44.9 Å². The summed E-state index contributed by atoms with van der Waals surface area (Å²) in [6.07, 6.45) is 9.44. The van der Waals surface area contributed by atoms with Gasteiger partial charge in [-0.15, -0.1) is 0 Å². The normalized spacial score (nSPS) is 34.0. The zero-order valence-corrected chi connectivity index (χ0v) is 14.5. The van der Waals surface area contributed by atoms with Crippen molar-refractivity contribution in [3.8, 4) is 0 Å². The van der Waals surface area contributed by atoms with Gasteiger partial charge in [-0.3, -0.25) is 0 Å². The van der Waals surface area contributed by atoms with Crippen LogP contribution in [0.15, 0.2) is 18.2 Å². The molecule has 4 nitrogen and oxygen atoms in total. The second-order valence-corrected chi connectivity index (χ2v) is 8.18. The van der Waals surface area contributed by atoms with E-state index in [9.17, 15) is 4.79 Å². The number of nitrogens with two attached hydrogens (primary N) is 1. The third-order valence-corrected chi connectivity index (χ3v) is 6.35. The van der Waals surface area contributed by atoms with Gasteiger partial charge in [0.1, 0.15) is 0 Å². The average molecular weight is 328 g/mol. The van der Waals surface area contributed by atoms with E-state index in [-0.39, 0.29) is 11.5 Å². The first-order chi connectivity index (χ1) is 11.6. The molecule has 3 N–H and O–H groups in total. The molecule has 1 aromatic carbocycles. The van der Waals surface area contributed by atoms with Crippen LogP contribution in [0.25, 0.3) is 0 Å². The summed E-state index contributed by atoms with van der Waals surface area (Å²) in [5, 5.41) is 3.81. The Morgan fingerprint density at radius 1 is 1.25 bits per heavy atom. The Morgan fingerprint density at radius 2 is 1.96 bits per heavy atom. The average Bonchev–Trinajstić information content (AvgIpc) is 2.73. The monoisotopic (exact) mass is 328 g/mol. The van der Waals surface area contributed by atoms with Crippen LogP contribution in [0.1, 0.15) is 62.2 Å². The molecule has 2 atom stereocenters. The first kappa shape index (κ1) is 15.8. The highest BCUT2D eigenvalue weighted by Gasteiger charge is 2.47. The maximum atomic E-state index is 11.9. The number of anilines is 2. The van der Waals surface area contributed by atoms with Crippen molar-refractivity contribution in [2.24, 2.45) is 17.8 Å². The van der Waals surface area contributed by atoms with Gasteiger partial charge in [0.25, 0.3) is 0 Å². The second kappa shape index (κ2) is 5.98. The molecular formula is C20H28N2O2. The van der Waals surface area contributed by atoms with Crippen LogP contribution in [-0.2, 0) is 4.74 Å². The number of nitrogen functional groups attached to an aromatic ring is 1. The Labute approximate surface area is 144 Å². The maximum Gasteiger partial charge on any atom is 0.338 e. The molecule has 2 unspecified atom stereocenters. The molecule has 4 fully saturated rings. The fourth-order valence-electron chi connectivity index (χ4n) is 5.61. The molecule has 4 saturated carbocycles. The Morgan fingerprint density at radius 3 is 2.62 bits per heavy atom. The third kappa shape index (κ3) is 2.87. The molecule has 5 rings (SSSR count). The number of ether oxygens (including phenoxy) is 1. The number of carbonyl (C=O) groups is 1. The first-order valence-electron chi connectivity index (χ1n) is 9.42. The van der Waals surface area contributed by atoms with Crippen molar-refractivity contribution in [3.63, 3.8) is 0 Å². The summed E-state index contributed by atoms with van der Waals surface area (Å²) in [6, 6.07) is 5.52. The predicted octanol–water partition coefficient (Wildman–Crippen LogP) is 4.22. The van der Waals surface area contributed by atoms with E-state index in [1.54, 1.807) is 6.07 Å². The lowest BCUT2D eigenvalue weighted by Crippen LogP contribution is -2.45. The van der Waals surface area contributed by atoms with Gasteiger partial charge in [-0.2, -0.15) is 0 Å². The van der Waals surface area contributed by atoms with Crippen molar-refractivity contribution in [1.82, 2.24) is 0 Å². The van der Waals surface area contributed by atoms with Crippen LogP contribution < -0.4 is 11.1 Å². The number of nitrogens with one attached hydrogen (secondary N) is 1. The lowest BCUT2D eigenvalue weighted by molar-refractivity contribution is 0.0526. The fourth-order valence-corrected chi connectivity index (χ4v) is 5.61. The van der Waals surface area contributed by atoms with Crippen LogP contribution >= 0.6 is 0 Å². The summed E-state index contributed by atoms with van der Waals surface area (Å²) in [5.41, 5.74) is 8.61. The third-order valence-electron chi connectivity index (χ3n) is 6.35. The summed E-state index contributed by atoms with van der Waals surface area (Å²) in [6.45, 7) is 2.19. The van der Waals surface area contributed by atoms with Gasteiger partial charge >= 0.3 is 5.97 Å². The molecule has 4 heteroatoms. The summed E-state index contributed by atoms with van der Waals surface area (Å²) in [5.74, 6) is 2.42. The summed E-state index contributed by atoms with van der Waals surface area (Å²) >= 11 is 0. The summed E-state index contributed by atoms with van der Waals surface area (Å²) < 4.78 is 5.06. The molecule has 24 heavy (non-hydrogen) atoms. The number of carbonyl (C=O) groups excluding carboxylic acids is 1. The van der Waals surface area contributed by atoms with Crippen molar-refractivity contribution in [2.75, 3.05) is 17.7 Å². The lowest BCUT2D eigenvalue weighted by atomic mass is 9.65. The maximum absolute atomic E-state index is 11.9. The van der Waals surface area contributed by atoms with Gasteiger partial charge in [-0.1, -0.05) is 0 Å². The molecule has 4 aliphatic carbocycles. The van der Waals surface area contributed by atoms with Gasteiger partial charge in [-0.25, -0.2) is 4.79 Å². The molecular weight excluding hydrogens is 300 g/mol. The van der Waals surface area contributed by atoms with Gasteiger partial charge in [0.2, 0.25) is 0 Å². The number of esters is 1. The number of benzene rings is 1. The Balaban J connectivity index is 1.55. The van der Waals surface area contributed by atoms with E-state index in [0.29, 0.717) is 17.9 Å². The zero-order valence-electron chi connectivity index (χ0n) is 14.5. The smallest absolute Gasteiger partial charge is 0.338 e. The van der Waals surface area contributed by atoms with Gasteiger partial charge in [-0.05, 0) is 87.8 Å². The van der Waals surface area contributed by atoms with E-state index >= 15 is 0 Å². The first-order valence-corrected chi connectivity index (χ1v) is 9.42. The molecule has 0 spiro atoms. The molecule has 0 aliphatic heterocycles. The standard InChI is InChI=1S/C20H28N2O2/c1-2-24-19(23)16-3-4-18(17(21)10-16)22-20-6-5-13-7-14(11-20)9-15(8-13)12-20/h3-4,10,13-15,22H,2,5-9,11-12,21H2,1H3. The minimum Gasteiger partial charge on any atom is -0.462 e. The Bertz CT molecular complexity index is 629. The van der Waals surface area contributed by atoms with E-state index in [2.05, 4.69) is 5.32 Å². The highest BCUT2D eigenvalue weighted by atomic mass is 16.5. The number of fused-ring (bicyclic) bond motifs is 1. The van der Waals surface area contributed by atoms with E-state index in [1.807, 2.05) is 19.1 Å². The van der Waals surface area contributed by atoms with Gasteiger partial charge in [0.15, 0.2) is 0 Å². The second-order valence-electron chi connectivity index (χ2n) is 8.18. The van der Waals surface area contributed by atoms with Gasteiger partial charge in [0, 0.05) is 5.54 Å². The van der Waals surface area contributed by atoms with Crippen LogP contribution in [0, 0.1) is 17.8 Å². The Kier molecular flexibility index (Phi) is 3.93. The molecule has 0 radical (unpaired) electrons. The van der Waals surface area contributed by atoms with E-state index < -0.39 is 0 Å². The molecule has 0 aromatic heterocycles. The summed E-state index contributed by atoms with van der Waals surface area (Å²) in [7, 11) is 0. The van der Waals surface area contributed by atoms with Crippen molar-refractivity contribution >= 4 is 17.3 Å². The molecule has 0 saturated heterocycles. The minimum absolute atomic E-state index is 0.207. The van der Waals surface area contributed by atoms with Crippen LogP contribution in [0.3, 0.4) is 0 Å². The number of rotatable bonds is 4. The van der Waals surface area contributed by atoms with E-state index in [0.717, 1.165) is 23.4 Å². The quantitative estimate of drug-likeness (QED) is 0.642. The molecule has 1 aromatic rings. The summed E-state index contributed by atoms with van der Waals surface area (Å²) in [4.78, 5) is 11.9. The molecule has 0 heterocycles. The van der Waals surface area contributed by atoms with Crippen molar-refractivity contribution < 1.29 is 9.53 Å². The molecule has 130 valence electrons. The number of hydrogen-bond acceptors (Lipinski definition) is 4. The van der Waals surface area contributed by atoms with Crippen LogP contribution in [-0.4, -0.2) is 18.1 Å². The molecule has 0 amide bonds. The van der Waals surface area contributed by atoms with Crippen molar-refractivity contribution in [1.29, 1.82) is 0 Å². The SMILES string of the molecule is CCOC(=O)c1ccc(NC23CCC4CC(CC(C4)C2)C3)c(N)c1. The topological polar surface area (TPSA) is 64.3 Å². The van der Waals surface area contributed by atoms with Crippen LogP contribution in [0.4, 0.5) is 11.4 Å². The van der Waals surface area contributed by atoms with Crippen LogP contribution in [0.2, 0.25) is 0 Å². The highest BCUT2D eigenvalue weighted by molar-refractivity contribution is 5.92. The van der Waals surface area contributed by atoms with Crippen molar-refractivity contribution in [2.45, 2.75) is 57.4 Å². The number of hydrogen-bond donors (Lipinski definition) is 2. The van der Waals surface area contributed by atoms with E-state index in [4.69, 9.17) is 10.5 Å².